The lowest BCUT2D eigenvalue weighted by Crippen LogP contribution is -2.14. The lowest BCUT2D eigenvalue weighted by molar-refractivity contribution is 0.233. The zero-order chi connectivity index (χ0) is 9.19. The lowest BCUT2D eigenvalue weighted by Gasteiger charge is -1.98. The Morgan fingerprint density at radius 1 is 1.25 bits per heavy atom. The Hall–Kier alpha value is -1.11. The molecule has 7 heteroatoms. The lowest BCUT2D eigenvalue weighted by atomic mass is 10.7. The molecular weight excluding hydrogens is 190 g/mol. The van der Waals surface area contributed by atoms with Crippen molar-refractivity contribution < 1.29 is 17.2 Å². The number of halogens is 2. The van der Waals surface area contributed by atoms with Gasteiger partial charge in [-0.05, 0) is 6.07 Å². The SMILES string of the molecule is O=S(=O)(c1ncccn1)C(F)F. The molecular formula is C5H4F2N2O2S. The fraction of sp³-hybridized carbons (Fsp3) is 0.200. The highest BCUT2D eigenvalue weighted by Crippen LogP contribution is 2.12. The first kappa shape index (κ1) is 8.98. The van der Waals surface area contributed by atoms with Crippen molar-refractivity contribution in [2.24, 2.45) is 0 Å². The molecule has 0 unspecified atom stereocenters. The van der Waals surface area contributed by atoms with Gasteiger partial charge in [0.1, 0.15) is 0 Å². The summed E-state index contributed by atoms with van der Waals surface area (Å²) in [5.74, 6) is -3.47. The highest BCUT2D eigenvalue weighted by atomic mass is 32.2. The van der Waals surface area contributed by atoms with Gasteiger partial charge in [-0.1, -0.05) is 0 Å². The van der Waals surface area contributed by atoms with E-state index >= 15 is 0 Å². The second-order valence-corrected chi connectivity index (χ2v) is 3.65. The van der Waals surface area contributed by atoms with Crippen LogP contribution in [-0.2, 0) is 9.84 Å². The number of sulfone groups is 1. The molecule has 1 aromatic rings. The summed E-state index contributed by atoms with van der Waals surface area (Å²) in [4.78, 5) is 6.39. The molecule has 0 radical (unpaired) electrons. The largest absolute Gasteiger partial charge is 0.344 e. The number of aromatic nitrogens is 2. The molecule has 0 bridgehead atoms. The predicted octanol–water partition coefficient (Wildman–Crippen LogP) is 0.473. The zero-order valence-corrected chi connectivity index (χ0v) is 6.50. The maximum atomic E-state index is 11.8. The predicted molar refractivity (Wildman–Crippen MR) is 35.2 cm³/mol. The fourth-order valence-corrected chi connectivity index (χ4v) is 1.09. The molecule has 0 saturated heterocycles. The molecule has 0 fully saturated rings. The van der Waals surface area contributed by atoms with Crippen molar-refractivity contribution in [3.05, 3.63) is 18.5 Å². The van der Waals surface area contributed by atoms with Crippen LogP contribution in [0.4, 0.5) is 8.78 Å². The van der Waals surface area contributed by atoms with Gasteiger partial charge >= 0.3 is 5.76 Å². The fourth-order valence-electron chi connectivity index (χ4n) is 0.512. The smallest absolute Gasteiger partial charge is 0.227 e. The summed E-state index contributed by atoms with van der Waals surface area (Å²) in [5, 5.41) is -0.847. The monoisotopic (exact) mass is 194 g/mol. The number of nitrogens with zero attached hydrogens (tertiary/aromatic N) is 2. The third-order valence-corrected chi connectivity index (χ3v) is 2.22. The average molecular weight is 194 g/mol. The summed E-state index contributed by atoms with van der Waals surface area (Å²) in [6.45, 7) is 0. The molecule has 4 nitrogen and oxygen atoms in total. The molecule has 0 aromatic carbocycles. The van der Waals surface area contributed by atoms with Crippen LogP contribution in [0.5, 0.6) is 0 Å². The van der Waals surface area contributed by atoms with Crippen LogP contribution in [0.2, 0.25) is 0 Å². The van der Waals surface area contributed by atoms with E-state index in [1.807, 2.05) is 0 Å². The van der Waals surface area contributed by atoms with Crippen molar-refractivity contribution in [1.29, 1.82) is 0 Å². The summed E-state index contributed by atoms with van der Waals surface area (Å²) in [6, 6.07) is 1.34. The van der Waals surface area contributed by atoms with E-state index in [1.165, 1.54) is 6.07 Å². The summed E-state index contributed by atoms with van der Waals surface area (Å²) in [7, 11) is -4.63. The van der Waals surface area contributed by atoms with E-state index in [1.54, 1.807) is 0 Å². The van der Waals surface area contributed by atoms with Crippen LogP contribution in [0, 0.1) is 0 Å². The Morgan fingerprint density at radius 2 is 1.75 bits per heavy atom. The molecule has 66 valence electrons. The van der Waals surface area contributed by atoms with Gasteiger partial charge < -0.3 is 0 Å². The minimum atomic E-state index is -4.63. The summed E-state index contributed by atoms with van der Waals surface area (Å²) in [5.41, 5.74) is 0. The standard InChI is InChI=1S/C5H4F2N2O2S/c6-4(7)12(10,11)5-8-2-1-3-9-5/h1-4H. The zero-order valence-electron chi connectivity index (χ0n) is 5.68. The van der Waals surface area contributed by atoms with Crippen LogP contribution in [0.15, 0.2) is 23.6 Å². The van der Waals surface area contributed by atoms with Crippen molar-refractivity contribution in [3.63, 3.8) is 0 Å². The Kier molecular flexibility index (Phi) is 2.32. The molecule has 0 N–H and O–H groups in total. The number of hydrogen-bond acceptors (Lipinski definition) is 4. The van der Waals surface area contributed by atoms with Gasteiger partial charge in [-0.2, -0.15) is 8.78 Å². The Bertz CT molecular complexity index is 351. The topological polar surface area (TPSA) is 59.9 Å². The van der Waals surface area contributed by atoms with Crippen LogP contribution in [0.3, 0.4) is 0 Å². The average Bonchev–Trinajstić information content (AvgIpc) is 2.06. The number of alkyl halides is 2. The van der Waals surface area contributed by atoms with Crippen LogP contribution in [0.25, 0.3) is 0 Å². The Balaban J connectivity index is 3.17. The highest BCUT2D eigenvalue weighted by molar-refractivity contribution is 7.91. The summed E-state index contributed by atoms with van der Waals surface area (Å²) < 4.78 is 45.0. The number of rotatable bonds is 2. The molecule has 0 amide bonds. The minimum absolute atomic E-state index is 0.847. The molecule has 0 spiro atoms. The van der Waals surface area contributed by atoms with E-state index in [0.29, 0.717) is 0 Å². The van der Waals surface area contributed by atoms with Gasteiger partial charge in [-0.3, -0.25) is 0 Å². The molecule has 1 heterocycles. The van der Waals surface area contributed by atoms with Gasteiger partial charge in [0, 0.05) is 12.4 Å². The van der Waals surface area contributed by atoms with Gasteiger partial charge in [0.2, 0.25) is 0 Å². The number of hydrogen-bond donors (Lipinski definition) is 0. The molecule has 0 aliphatic rings. The van der Waals surface area contributed by atoms with Crippen LogP contribution < -0.4 is 0 Å². The van der Waals surface area contributed by atoms with Crippen molar-refractivity contribution in [2.75, 3.05) is 0 Å². The third-order valence-electron chi connectivity index (χ3n) is 1.03. The molecule has 0 aliphatic heterocycles. The summed E-state index contributed by atoms with van der Waals surface area (Å²) in [6.07, 6.45) is 2.17. The van der Waals surface area contributed by atoms with Crippen LogP contribution in [-0.4, -0.2) is 24.1 Å². The highest BCUT2D eigenvalue weighted by Gasteiger charge is 2.28. The first-order valence-corrected chi connectivity index (χ1v) is 4.39. The van der Waals surface area contributed by atoms with Crippen molar-refractivity contribution >= 4 is 9.84 Å². The van der Waals surface area contributed by atoms with Gasteiger partial charge in [-0.15, -0.1) is 0 Å². The Morgan fingerprint density at radius 3 is 2.17 bits per heavy atom. The van der Waals surface area contributed by atoms with Crippen LogP contribution >= 0.6 is 0 Å². The first-order chi connectivity index (χ1) is 5.55. The quantitative estimate of drug-likeness (QED) is 0.642. The van der Waals surface area contributed by atoms with E-state index in [-0.39, 0.29) is 0 Å². The van der Waals surface area contributed by atoms with E-state index in [4.69, 9.17) is 0 Å². The maximum absolute atomic E-state index is 11.8. The van der Waals surface area contributed by atoms with E-state index in [9.17, 15) is 17.2 Å². The molecule has 1 aromatic heterocycles. The minimum Gasteiger partial charge on any atom is -0.227 e. The van der Waals surface area contributed by atoms with E-state index in [0.717, 1.165) is 12.4 Å². The van der Waals surface area contributed by atoms with Gasteiger partial charge in [-0.25, -0.2) is 18.4 Å². The molecule has 12 heavy (non-hydrogen) atoms. The van der Waals surface area contributed by atoms with Gasteiger partial charge in [0.15, 0.2) is 0 Å². The van der Waals surface area contributed by atoms with Crippen LogP contribution in [0.1, 0.15) is 0 Å². The van der Waals surface area contributed by atoms with E-state index < -0.39 is 20.8 Å². The van der Waals surface area contributed by atoms with Gasteiger partial charge in [0.05, 0.1) is 0 Å². The molecule has 0 saturated carbocycles. The summed E-state index contributed by atoms with van der Waals surface area (Å²) >= 11 is 0. The second kappa shape index (κ2) is 3.10. The third kappa shape index (κ3) is 1.55. The first-order valence-electron chi connectivity index (χ1n) is 2.84. The Labute approximate surface area is 67.2 Å². The molecule has 1 rings (SSSR count). The maximum Gasteiger partial charge on any atom is 0.344 e. The van der Waals surface area contributed by atoms with Crippen molar-refractivity contribution in [3.8, 4) is 0 Å². The van der Waals surface area contributed by atoms with E-state index in [2.05, 4.69) is 9.97 Å². The van der Waals surface area contributed by atoms with Crippen molar-refractivity contribution in [2.45, 2.75) is 10.9 Å². The second-order valence-electron chi connectivity index (χ2n) is 1.84. The van der Waals surface area contributed by atoms with Gasteiger partial charge in [0.25, 0.3) is 15.0 Å². The normalized spacial score (nSPS) is 11.9. The van der Waals surface area contributed by atoms with Crippen molar-refractivity contribution in [1.82, 2.24) is 9.97 Å². The molecule has 0 aliphatic carbocycles. The molecule has 0 atom stereocenters.